The molecule has 0 amide bonds. The van der Waals surface area contributed by atoms with Crippen LogP contribution in [0.1, 0.15) is 12.0 Å². The number of sulfone groups is 1. The van der Waals surface area contributed by atoms with Gasteiger partial charge in [-0.15, -0.1) is 0 Å². The van der Waals surface area contributed by atoms with Crippen LogP contribution in [0.25, 0.3) is 0 Å². The number of rotatable bonds is 6. The van der Waals surface area contributed by atoms with E-state index in [-0.39, 0.29) is 18.1 Å². The van der Waals surface area contributed by atoms with Crippen LogP contribution in [0.2, 0.25) is 0 Å². The number of aryl methyl sites for hydroxylation is 1. The van der Waals surface area contributed by atoms with Crippen molar-refractivity contribution >= 4 is 9.84 Å². The predicted octanol–water partition coefficient (Wildman–Crippen LogP) is 1.32. The maximum atomic E-state index is 11.3. The maximum absolute atomic E-state index is 11.3. The minimum atomic E-state index is -2.99. The Balaban J connectivity index is 2.34. The molecule has 0 aliphatic carbocycles. The van der Waals surface area contributed by atoms with Gasteiger partial charge in [-0.2, -0.15) is 0 Å². The molecule has 0 atom stereocenters. The summed E-state index contributed by atoms with van der Waals surface area (Å²) in [4.78, 5) is 0. The standard InChI is InChI=1S/C11H16NO2S/c12-8-10-15(13,14)9-4-7-11-5-2-1-3-6-11/h1-3,5-6,12H,4,7-10H2. The minimum Gasteiger partial charge on any atom is -0.257 e. The van der Waals surface area contributed by atoms with E-state index < -0.39 is 9.84 Å². The lowest BCUT2D eigenvalue weighted by molar-refractivity contribution is 0.593. The van der Waals surface area contributed by atoms with E-state index in [4.69, 9.17) is 5.73 Å². The van der Waals surface area contributed by atoms with Crippen molar-refractivity contribution in [3.05, 3.63) is 35.9 Å². The Bertz CT molecular complexity index is 373. The molecule has 1 aromatic carbocycles. The Morgan fingerprint density at radius 2 is 1.73 bits per heavy atom. The first-order chi connectivity index (χ1) is 7.14. The van der Waals surface area contributed by atoms with Crippen molar-refractivity contribution in [1.82, 2.24) is 5.73 Å². The maximum Gasteiger partial charge on any atom is 0.151 e. The fourth-order valence-corrected chi connectivity index (χ4v) is 2.50. The van der Waals surface area contributed by atoms with Gasteiger partial charge in [0.2, 0.25) is 0 Å². The lowest BCUT2D eigenvalue weighted by Crippen LogP contribution is -2.14. The molecule has 15 heavy (non-hydrogen) atoms. The second-order valence-electron chi connectivity index (χ2n) is 3.49. The normalized spacial score (nSPS) is 11.5. The van der Waals surface area contributed by atoms with Crippen molar-refractivity contribution in [2.24, 2.45) is 0 Å². The second-order valence-corrected chi connectivity index (χ2v) is 5.79. The van der Waals surface area contributed by atoms with Crippen LogP contribution in [0, 0.1) is 0 Å². The molecule has 0 aromatic heterocycles. The van der Waals surface area contributed by atoms with Crippen molar-refractivity contribution in [3.63, 3.8) is 0 Å². The molecule has 0 unspecified atom stereocenters. The van der Waals surface area contributed by atoms with Gasteiger partial charge in [0.1, 0.15) is 0 Å². The largest absolute Gasteiger partial charge is 0.257 e. The molecule has 0 saturated heterocycles. The molecule has 0 fully saturated rings. The van der Waals surface area contributed by atoms with Crippen LogP contribution >= 0.6 is 0 Å². The highest BCUT2D eigenvalue weighted by Crippen LogP contribution is 2.04. The summed E-state index contributed by atoms with van der Waals surface area (Å²) in [6.45, 7) is -0.0341. The molecule has 1 radical (unpaired) electrons. The number of hydrogen-bond acceptors (Lipinski definition) is 2. The summed E-state index contributed by atoms with van der Waals surface area (Å²) in [6, 6.07) is 9.84. The monoisotopic (exact) mass is 226 g/mol. The van der Waals surface area contributed by atoms with E-state index in [1.165, 1.54) is 5.56 Å². The number of hydrogen-bond donors (Lipinski definition) is 0. The van der Waals surface area contributed by atoms with Crippen LogP contribution in [0.3, 0.4) is 0 Å². The van der Waals surface area contributed by atoms with Crippen LogP contribution in [0.5, 0.6) is 0 Å². The Kier molecular flexibility index (Phi) is 4.78. The molecular weight excluding hydrogens is 210 g/mol. The Morgan fingerprint density at radius 1 is 1.07 bits per heavy atom. The zero-order valence-corrected chi connectivity index (χ0v) is 9.46. The number of nitrogens with one attached hydrogen (secondary N) is 1. The van der Waals surface area contributed by atoms with Crippen molar-refractivity contribution in [2.75, 3.05) is 18.1 Å². The van der Waals surface area contributed by atoms with Gasteiger partial charge in [-0.25, -0.2) is 8.42 Å². The fourth-order valence-electron chi connectivity index (χ4n) is 1.40. The molecular formula is C11H16NO2S. The molecule has 1 aromatic rings. The first-order valence-corrected chi connectivity index (χ1v) is 6.85. The van der Waals surface area contributed by atoms with E-state index in [1.54, 1.807) is 0 Å². The summed E-state index contributed by atoms with van der Waals surface area (Å²) in [5, 5.41) is 0. The van der Waals surface area contributed by atoms with E-state index >= 15 is 0 Å². The highest BCUT2D eigenvalue weighted by atomic mass is 32.2. The minimum absolute atomic E-state index is 0.0121. The lowest BCUT2D eigenvalue weighted by Gasteiger charge is -2.02. The van der Waals surface area contributed by atoms with Gasteiger partial charge in [0, 0.05) is 6.54 Å². The van der Waals surface area contributed by atoms with Gasteiger partial charge >= 0.3 is 0 Å². The Morgan fingerprint density at radius 3 is 2.33 bits per heavy atom. The molecule has 0 saturated carbocycles. The lowest BCUT2D eigenvalue weighted by atomic mass is 10.1. The van der Waals surface area contributed by atoms with Crippen LogP contribution in [0.15, 0.2) is 30.3 Å². The Hall–Kier alpha value is -0.870. The average Bonchev–Trinajstić information content (AvgIpc) is 2.19. The highest BCUT2D eigenvalue weighted by molar-refractivity contribution is 7.91. The fraction of sp³-hybridized carbons (Fsp3) is 0.455. The van der Waals surface area contributed by atoms with Crippen LogP contribution in [0.4, 0.5) is 0 Å². The van der Waals surface area contributed by atoms with Gasteiger partial charge in [0.25, 0.3) is 0 Å². The zero-order chi connectivity index (χ0) is 11.1. The van der Waals surface area contributed by atoms with E-state index in [0.717, 1.165) is 6.42 Å². The summed E-state index contributed by atoms with van der Waals surface area (Å²) in [7, 11) is -2.99. The third-order valence-corrected chi connectivity index (χ3v) is 3.91. The summed E-state index contributed by atoms with van der Waals surface area (Å²) >= 11 is 0. The molecule has 0 aliphatic rings. The van der Waals surface area contributed by atoms with Gasteiger partial charge in [-0.05, 0) is 18.4 Å². The smallest absolute Gasteiger partial charge is 0.151 e. The third kappa shape index (κ3) is 4.95. The summed E-state index contributed by atoms with van der Waals surface area (Å²) < 4.78 is 22.6. The van der Waals surface area contributed by atoms with Crippen molar-refractivity contribution in [1.29, 1.82) is 0 Å². The van der Waals surface area contributed by atoms with Crippen LogP contribution in [-0.4, -0.2) is 26.5 Å². The van der Waals surface area contributed by atoms with Crippen molar-refractivity contribution in [2.45, 2.75) is 12.8 Å². The Labute approximate surface area is 91.2 Å². The SMILES string of the molecule is [NH]CCS(=O)(=O)CCCc1ccccc1. The second kappa shape index (κ2) is 5.88. The summed E-state index contributed by atoms with van der Waals surface area (Å²) in [6.07, 6.45) is 1.43. The summed E-state index contributed by atoms with van der Waals surface area (Å²) in [5.41, 5.74) is 8.04. The first-order valence-electron chi connectivity index (χ1n) is 5.03. The quantitative estimate of drug-likeness (QED) is 0.734. The van der Waals surface area contributed by atoms with E-state index in [0.29, 0.717) is 6.42 Å². The third-order valence-electron chi connectivity index (χ3n) is 2.18. The van der Waals surface area contributed by atoms with Gasteiger partial charge < -0.3 is 0 Å². The average molecular weight is 226 g/mol. The van der Waals surface area contributed by atoms with E-state index in [2.05, 4.69) is 0 Å². The molecule has 1 N–H and O–H groups in total. The molecule has 0 spiro atoms. The molecule has 0 bridgehead atoms. The predicted molar refractivity (Wildman–Crippen MR) is 61.4 cm³/mol. The van der Waals surface area contributed by atoms with E-state index in [9.17, 15) is 8.42 Å². The van der Waals surface area contributed by atoms with Gasteiger partial charge in [0.15, 0.2) is 9.84 Å². The van der Waals surface area contributed by atoms with Crippen LogP contribution in [-0.2, 0) is 16.3 Å². The highest BCUT2D eigenvalue weighted by Gasteiger charge is 2.08. The van der Waals surface area contributed by atoms with Gasteiger partial charge in [-0.3, -0.25) is 5.73 Å². The summed E-state index contributed by atoms with van der Waals surface area (Å²) in [5.74, 6) is 0.183. The van der Waals surface area contributed by atoms with E-state index in [1.807, 2.05) is 30.3 Å². The molecule has 3 nitrogen and oxygen atoms in total. The first kappa shape index (κ1) is 12.2. The van der Waals surface area contributed by atoms with Crippen molar-refractivity contribution < 1.29 is 8.42 Å². The number of benzene rings is 1. The molecule has 4 heteroatoms. The molecule has 0 heterocycles. The zero-order valence-electron chi connectivity index (χ0n) is 8.65. The molecule has 0 aliphatic heterocycles. The van der Waals surface area contributed by atoms with Crippen molar-refractivity contribution in [3.8, 4) is 0 Å². The molecule has 1 rings (SSSR count). The van der Waals surface area contributed by atoms with Gasteiger partial charge in [0.05, 0.1) is 11.5 Å². The van der Waals surface area contributed by atoms with Gasteiger partial charge in [-0.1, -0.05) is 30.3 Å². The van der Waals surface area contributed by atoms with Crippen LogP contribution < -0.4 is 5.73 Å². The molecule has 83 valence electrons. The topological polar surface area (TPSA) is 57.9 Å².